The summed E-state index contributed by atoms with van der Waals surface area (Å²) in [4.78, 5) is 21.4. The fourth-order valence-corrected chi connectivity index (χ4v) is 2.45. The second-order valence-electron chi connectivity index (χ2n) is 5.48. The van der Waals surface area contributed by atoms with Gasteiger partial charge in [0.15, 0.2) is 0 Å². The minimum absolute atomic E-state index is 0.252. The Morgan fingerprint density at radius 3 is 2.48 bits per heavy atom. The Balaban J connectivity index is 1.93. The van der Waals surface area contributed by atoms with Gasteiger partial charge in [0, 0.05) is 11.1 Å². The van der Waals surface area contributed by atoms with E-state index in [0.29, 0.717) is 17.0 Å². The number of fused-ring (bicyclic) bond motifs is 1. The molecular weight excluding hydrogens is 292 g/mol. The molecule has 0 fully saturated rings. The van der Waals surface area contributed by atoms with E-state index in [9.17, 15) is 4.79 Å². The SMILES string of the molecule is CCc1c(C)noc1NC(=O)c1ccc2nc(C)c(C)nc2c1. The van der Waals surface area contributed by atoms with Crippen LogP contribution in [0.3, 0.4) is 0 Å². The third-order valence-electron chi connectivity index (χ3n) is 3.90. The van der Waals surface area contributed by atoms with E-state index in [-0.39, 0.29) is 5.91 Å². The summed E-state index contributed by atoms with van der Waals surface area (Å²) in [5.74, 6) is 0.152. The molecule has 0 unspecified atom stereocenters. The second-order valence-corrected chi connectivity index (χ2v) is 5.48. The van der Waals surface area contributed by atoms with Crippen molar-refractivity contribution >= 4 is 22.8 Å². The predicted octanol–water partition coefficient (Wildman–Crippen LogP) is 3.36. The normalized spacial score (nSPS) is 11.0. The van der Waals surface area contributed by atoms with Gasteiger partial charge in [0.1, 0.15) is 0 Å². The lowest BCUT2D eigenvalue weighted by molar-refractivity contribution is 0.102. The molecule has 0 aliphatic carbocycles. The maximum Gasteiger partial charge on any atom is 0.258 e. The number of hydrogen-bond donors (Lipinski definition) is 1. The lowest BCUT2D eigenvalue weighted by Gasteiger charge is -2.06. The summed E-state index contributed by atoms with van der Waals surface area (Å²) in [5, 5.41) is 6.67. The van der Waals surface area contributed by atoms with Crippen molar-refractivity contribution < 1.29 is 9.32 Å². The number of amides is 1. The lowest BCUT2D eigenvalue weighted by atomic mass is 10.1. The fraction of sp³-hybridized carbons (Fsp3) is 0.294. The van der Waals surface area contributed by atoms with Gasteiger partial charge < -0.3 is 4.52 Å². The van der Waals surface area contributed by atoms with Crippen molar-refractivity contribution in [1.82, 2.24) is 15.1 Å². The zero-order valence-electron chi connectivity index (χ0n) is 13.6. The molecule has 0 saturated heterocycles. The van der Waals surface area contributed by atoms with E-state index >= 15 is 0 Å². The molecule has 6 heteroatoms. The third kappa shape index (κ3) is 2.79. The van der Waals surface area contributed by atoms with Crippen molar-refractivity contribution in [1.29, 1.82) is 0 Å². The van der Waals surface area contributed by atoms with Crippen LogP contribution in [-0.4, -0.2) is 21.0 Å². The average Bonchev–Trinajstić information content (AvgIpc) is 2.87. The first-order valence-electron chi connectivity index (χ1n) is 7.51. The van der Waals surface area contributed by atoms with Crippen LogP contribution >= 0.6 is 0 Å². The van der Waals surface area contributed by atoms with Crippen molar-refractivity contribution in [2.24, 2.45) is 0 Å². The number of anilines is 1. The molecular formula is C17H18N4O2. The van der Waals surface area contributed by atoms with Gasteiger partial charge in [0.05, 0.1) is 28.1 Å². The van der Waals surface area contributed by atoms with Crippen molar-refractivity contribution in [3.63, 3.8) is 0 Å². The molecule has 1 amide bonds. The maximum atomic E-state index is 12.4. The molecule has 0 saturated carbocycles. The Labute approximate surface area is 133 Å². The minimum Gasteiger partial charge on any atom is -0.338 e. The van der Waals surface area contributed by atoms with Crippen molar-refractivity contribution in [3.8, 4) is 0 Å². The first kappa shape index (κ1) is 15.1. The van der Waals surface area contributed by atoms with E-state index < -0.39 is 0 Å². The van der Waals surface area contributed by atoms with Gasteiger partial charge in [0.2, 0.25) is 5.88 Å². The van der Waals surface area contributed by atoms with Crippen LogP contribution in [0.2, 0.25) is 0 Å². The highest BCUT2D eigenvalue weighted by atomic mass is 16.5. The average molecular weight is 310 g/mol. The topological polar surface area (TPSA) is 80.9 Å². The fourth-order valence-electron chi connectivity index (χ4n) is 2.45. The molecule has 1 aromatic carbocycles. The van der Waals surface area contributed by atoms with E-state index in [0.717, 1.165) is 34.6 Å². The zero-order valence-corrected chi connectivity index (χ0v) is 13.6. The lowest BCUT2D eigenvalue weighted by Crippen LogP contribution is -2.12. The Morgan fingerprint density at radius 1 is 1.09 bits per heavy atom. The number of aromatic nitrogens is 3. The highest BCUT2D eigenvalue weighted by Gasteiger charge is 2.15. The number of aryl methyl sites for hydroxylation is 3. The number of carbonyl (C=O) groups is 1. The Kier molecular flexibility index (Phi) is 3.82. The standard InChI is InChI=1S/C17H18N4O2/c1-5-13-11(4)21-23-17(13)20-16(22)12-6-7-14-15(8-12)19-10(3)9(2)18-14/h6-8H,5H2,1-4H3,(H,20,22). The first-order valence-corrected chi connectivity index (χ1v) is 7.51. The molecule has 3 rings (SSSR count). The van der Waals surface area contributed by atoms with Gasteiger partial charge in [-0.05, 0) is 45.4 Å². The van der Waals surface area contributed by atoms with Crippen LogP contribution < -0.4 is 5.32 Å². The number of nitrogens with zero attached hydrogens (tertiary/aromatic N) is 3. The van der Waals surface area contributed by atoms with Crippen LogP contribution in [0.5, 0.6) is 0 Å². The van der Waals surface area contributed by atoms with E-state index in [1.807, 2.05) is 27.7 Å². The van der Waals surface area contributed by atoms with Crippen LogP contribution in [-0.2, 0) is 6.42 Å². The van der Waals surface area contributed by atoms with Gasteiger partial charge in [-0.3, -0.25) is 10.1 Å². The molecule has 0 atom stereocenters. The van der Waals surface area contributed by atoms with Crippen molar-refractivity contribution in [3.05, 3.63) is 46.4 Å². The molecule has 0 aliphatic rings. The van der Waals surface area contributed by atoms with Crippen molar-refractivity contribution in [2.45, 2.75) is 34.1 Å². The van der Waals surface area contributed by atoms with Gasteiger partial charge >= 0.3 is 0 Å². The van der Waals surface area contributed by atoms with Gasteiger partial charge in [-0.2, -0.15) is 0 Å². The van der Waals surface area contributed by atoms with Crippen LogP contribution in [0, 0.1) is 20.8 Å². The maximum absolute atomic E-state index is 12.4. The van der Waals surface area contributed by atoms with Crippen molar-refractivity contribution in [2.75, 3.05) is 5.32 Å². The molecule has 6 nitrogen and oxygen atoms in total. The van der Waals surface area contributed by atoms with Crippen LogP contribution in [0.1, 0.15) is 39.9 Å². The molecule has 1 N–H and O–H groups in total. The van der Waals surface area contributed by atoms with E-state index in [2.05, 4.69) is 20.4 Å². The molecule has 2 aromatic heterocycles. The van der Waals surface area contributed by atoms with E-state index in [1.54, 1.807) is 18.2 Å². The largest absolute Gasteiger partial charge is 0.338 e. The van der Waals surface area contributed by atoms with Crippen LogP contribution in [0.15, 0.2) is 22.7 Å². The first-order chi connectivity index (χ1) is 11.0. The molecule has 3 aromatic rings. The molecule has 0 bridgehead atoms. The summed E-state index contributed by atoms with van der Waals surface area (Å²) in [6.45, 7) is 7.67. The zero-order chi connectivity index (χ0) is 16.6. The minimum atomic E-state index is -0.252. The monoisotopic (exact) mass is 310 g/mol. The third-order valence-corrected chi connectivity index (χ3v) is 3.90. The molecule has 23 heavy (non-hydrogen) atoms. The van der Waals surface area contributed by atoms with Crippen LogP contribution in [0.25, 0.3) is 11.0 Å². The smallest absolute Gasteiger partial charge is 0.258 e. The highest BCUT2D eigenvalue weighted by molar-refractivity contribution is 6.05. The number of hydrogen-bond acceptors (Lipinski definition) is 5. The molecule has 0 aliphatic heterocycles. The van der Waals surface area contributed by atoms with Gasteiger partial charge in [-0.15, -0.1) is 0 Å². The molecule has 118 valence electrons. The van der Waals surface area contributed by atoms with E-state index in [1.165, 1.54) is 0 Å². The number of benzene rings is 1. The summed E-state index contributed by atoms with van der Waals surface area (Å²) >= 11 is 0. The second kappa shape index (κ2) is 5.79. The Hall–Kier alpha value is -2.76. The molecule has 2 heterocycles. The van der Waals surface area contributed by atoms with Gasteiger partial charge in [-0.1, -0.05) is 12.1 Å². The quantitative estimate of drug-likeness (QED) is 0.802. The number of rotatable bonds is 3. The summed E-state index contributed by atoms with van der Waals surface area (Å²) in [6.07, 6.45) is 0.743. The molecule has 0 radical (unpaired) electrons. The number of nitrogens with one attached hydrogen (secondary N) is 1. The Morgan fingerprint density at radius 2 is 1.78 bits per heavy atom. The summed E-state index contributed by atoms with van der Waals surface area (Å²) in [7, 11) is 0. The Bertz CT molecular complexity index is 899. The highest BCUT2D eigenvalue weighted by Crippen LogP contribution is 2.21. The predicted molar refractivity (Wildman–Crippen MR) is 87.6 cm³/mol. The number of carbonyl (C=O) groups excluding carboxylic acids is 1. The summed E-state index contributed by atoms with van der Waals surface area (Å²) in [6, 6.07) is 5.27. The van der Waals surface area contributed by atoms with E-state index in [4.69, 9.17) is 4.52 Å². The summed E-state index contributed by atoms with van der Waals surface area (Å²) in [5.41, 5.74) is 5.42. The molecule has 0 spiro atoms. The van der Waals surface area contributed by atoms with Crippen LogP contribution in [0.4, 0.5) is 5.88 Å². The van der Waals surface area contributed by atoms with Gasteiger partial charge in [0.25, 0.3) is 5.91 Å². The van der Waals surface area contributed by atoms with Gasteiger partial charge in [-0.25, -0.2) is 9.97 Å². The summed E-state index contributed by atoms with van der Waals surface area (Å²) < 4.78 is 5.19.